The number of nitrogens with zero attached hydrogens (tertiary/aromatic N) is 1. The predicted molar refractivity (Wildman–Crippen MR) is 212 cm³/mol. The van der Waals surface area contributed by atoms with Gasteiger partial charge in [0.2, 0.25) is 0 Å². The van der Waals surface area contributed by atoms with E-state index in [0.29, 0.717) is 23.9 Å². The molecule has 0 rings (SSSR count). The molecule has 0 amide bonds. The number of quaternary nitrogens is 1. The van der Waals surface area contributed by atoms with Crippen LogP contribution in [0.1, 0.15) is 187 Å². The van der Waals surface area contributed by atoms with Gasteiger partial charge < -0.3 is 28.5 Å². The van der Waals surface area contributed by atoms with Crippen LogP contribution in [-0.4, -0.2) is 87.4 Å². The van der Waals surface area contributed by atoms with Gasteiger partial charge in [-0.3, -0.25) is 9.59 Å². The summed E-state index contributed by atoms with van der Waals surface area (Å²) in [5, 5.41) is 9.61. The fourth-order valence-electron chi connectivity index (χ4n) is 5.89. The second-order valence-electron chi connectivity index (χ2n) is 15.7. The van der Waals surface area contributed by atoms with Gasteiger partial charge in [0, 0.05) is 12.8 Å². The molecule has 0 aromatic heterocycles. The Hall–Kier alpha value is -1.97. The zero-order valence-electron chi connectivity index (χ0n) is 34.5. The van der Waals surface area contributed by atoms with Gasteiger partial charge in [0.05, 0.1) is 34.4 Å². The summed E-state index contributed by atoms with van der Waals surface area (Å²) in [6.07, 6.45) is 32.6. The third-order valence-electron chi connectivity index (χ3n) is 9.27. The van der Waals surface area contributed by atoms with Crippen molar-refractivity contribution in [3.63, 3.8) is 0 Å². The van der Waals surface area contributed by atoms with Crippen molar-refractivity contribution < 1.29 is 42.9 Å². The molecule has 2 unspecified atom stereocenters. The fraction of sp³-hybridized carbons (Fsp3) is 0.884. The van der Waals surface area contributed by atoms with Crippen LogP contribution in [0.15, 0.2) is 12.2 Å². The maximum absolute atomic E-state index is 12.7. The van der Waals surface area contributed by atoms with Crippen molar-refractivity contribution in [2.45, 2.75) is 200 Å². The van der Waals surface area contributed by atoms with Crippen LogP contribution in [0.25, 0.3) is 0 Å². The van der Waals surface area contributed by atoms with E-state index < -0.39 is 24.3 Å². The lowest BCUT2D eigenvalue weighted by Crippen LogP contribution is -2.40. The van der Waals surface area contributed by atoms with Gasteiger partial charge in [-0.2, -0.15) is 0 Å². The summed E-state index contributed by atoms with van der Waals surface area (Å²) in [5.74, 6) is -2.01. The maximum atomic E-state index is 12.7. The van der Waals surface area contributed by atoms with Crippen molar-refractivity contribution in [2.24, 2.45) is 0 Å². The van der Waals surface area contributed by atoms with Crippen LogP contribution in [-0.2, 0) is 33.3 Å². The number of carboxylic acid groups (broad SMARTS) is 1. The molecule has 0 aliphatic carbocycles. The Labute approximate surface area is 319 Å². The Balaban J connectivity index is 4.48. The molecule has 0 aliphatic heterocycles. The Morgan fingerprint density at radius 2 is 0.981 bits per heavy atom. The van der Waals surface area contributed by atoms with Crippen LogP contribution in [0.4, 0.5) is 0 Å². The highest BCUT2D eigenvalue weighted by atomic mass is 16.7. The quantitative estimate of drug-likeness (QED) is 0.0218. The predicted octanol–water partition coefficient (Wildman–Crippen LogP) is 10.7. The van der Waals surface area contributed by atoms with E-state index in [9.17, 15) is 19.5 Å². The molecule has 0 aliphatic rings. The summed E-state index contributed by atoms with van der Waals surface area (Å²) >= 11 is 0. The van der Waals surface area contributed by atoms with E-state index >= 15 is 0 Å². The molecular formula is C43H82NO8+. The Morgan fingerprint density at radius 1 is 0.558 bits per heavy atom. The Kier molecular flexibility index (Phi) is 34.7. The Morgan fingerprint density at radius 3 is 1.42 bits per heavy atom. The lowest BCUT2D eigenvalue weighted by atomic mass is 10.0. The monoisotopic (exact) mass is 741 g/mol. The van der Waals surface area contributed by atoms with E-state index in [1.165, 1.54) is 103 Å². The zero-order valence-corrected chi connectivity index (χ0v) is 34.5. The lowest BCUT2D eigenvalue weighted by Gasteiger charge is -2.25. The summed E-state index contributed by atoms with van der Waals surface area (Å²) in [4.78, 5) is 37.0. The number of aliphatic carboxylic acids is 1. The topological polar surface area (TPSA) is 108 Å². The van der Waals surface area contributed by atoms with Crippen molar-refractivity contribution in [1.29, 1.82) is 0 Å². The molecule has 9 nitrogen and oxygen atoms in total. The molecular weight excluding hydrogens is 658 g/mol. The number of carbonyl (C=O) groups is 3. The maximum Gasteiger partial charge on any atom is 0.361 e. The molecule has 0 radical (unpaired) electrons. The van der Waals surface area contributed by atoms with E-state index in [4.69, 9.17) is 18.9 Å². The first-order chi connectivity index (χ1) is 25.1. The molecule has 2 atom stereocenters. The Bertz CT molecular complexity index is 872. The molecule has 0 saturated heterocycles. The van der Waals surface area contributed by atoms with Crippen LogP contribution in [0.5, 0.6) is 0 Å². The van der Waals surface area contributed by atoms with E-state index in [1.807, 2.05) is 21.1 Å². The van der Waals surface area contributed by atoms with Gasteiger partial charge in [-0.25, -0.2) is 4.79 Å². The highest BCUT2D eigenvalue weighted by Gasteiger charge is 2.25. The number of allylic oxidation sites excluding steroid dienone is 2. The highest BCUT2D eigenvalue weighted by Crippen LogP contribution is 2.14. The van der Waals surface area contributed by atoms with Crippen molar-refractivity contribution in [3.8, 4) is 0 Å². The fourth-order valence-corrected chi connectivity index (χ4v) is 5.89. The molecule has 0 saturated carbocycles. The van der Waals surface area contributed by atoms with Gasteiger partial charge in [-0.15, -0.1) is 0 Å². The van der Waals surface area contributed by atoms with Gasteiger partial charge >= 0.3 is 17.9 Å². The van der Waals surface area contributed by atoms with Gasteiger partial charge in [-0.05, 0) is 38.5 Å². The van der Waals surface area contributed by atoms with E-state index in [1.54, 1.807) is 0 Å². The average Bonchev–Trinajstić information content (AvgIpc) is 3.09. The summed E-state index contributed by atoms with van der Waals surface area (Å²) in [7, 11) is 5.95. The largest absolute Gasteiger partial charge is 0.477 e. The molecule has 306 valence electrons. The number of carboxylic acids is 1. The number of unbranched alkanes of at least 4 members (excludes halogenated alkanes) is 22. The minimum Gasteiger partial charge on any atom is -0.477 e. The first-order valence-electron chi connectivity index (χ1n) is 21.4. The third kappa shape index (κ3) is 36.4. The minimum atomic E-state index is -1.50. The second kappa shape index (κ2) is 36.0. The van der Waals surface area contributed by atoms with Crippen LogP contribution in [0.2, 0.25) is 0 Å². The summed E-state index contributed by atoms with van der Waals surface area (Å²) in [5.41, 5.74) is 0. The molecule has 1 N–H and O–H groups in total. The lowest BCUT2D eigenvalue weighted by molar-refractivity contribution is -0.870. The van der Waals surface area contributed by atoms with E-state index in [2.05, 4.69) is 26.0 Å². The van der Waals surface area contributed by atoms with Gasteiger partial charge in [0.15, 0.2) is 6.10 Å². The molecule has 0 bridgehead atoms. The van der Waals surface area contributed by atoms with Crippen LogP contribution >= 0.6 is 0 Å². The van der Waals surface area contributed by atoms with Crippen LogP contribution < -0.4 is 0 Å². The first kappa shape index (κ1) is 50.0. The number of carbonyl (C=O) groups excluding carboxylic acids is 2. The van der Waals surface area contributed by atoms with Gasteiger partial charge in [0.25, 0.3) is 6.29 Å². The normalized spacial score (nSPS) is 13.0. The molecule has 0 heterocycles. The average molecular weight is 741 g/mol. The van der Waals surface area contributed by atoms with Crippen LogP contribution in [0, 0.1) is 0 Å². The summed E-state index contributed by atoms with van der Waals surface area (Å²) in [6, 6.07) is 0. The number of hydrogen-bond acceptors (Lipinski definition) is 7. The van der Waals surface area contributed by atoms with E-state index in [-0.39, 0.29) is 32.2 Å². The summed E-state index contributed by atoms with van der Waals surface area (Å²) in [6.45, 7) is 4.85. The van der Waals surface area contributed by atoms with Crippen molar-refractivity contribution in [1.82, 2.24) is 0 Å². The van der Waals surface area contributed by atoms with Gasteiger partial charge in [-0.1, -0.05) is 148 Å². The zero-order chi connectivity index (χ0) is 38.5. The number of hydrogen-bond donors (Lipinski definition) is 1. The molecule has 0 spiro atoms. The molecule has 9 heteroatoms. The van der Waals surface area contributed by atoms with Crippen molar-refractivity contribution in [3.05, 3.63) is 12.2 Å². The molecule has 0 aromatic rings. The summed E-state index contributed by atoms with van der Waals surface area (Å²) < 4.78 is 22.7. The standard InChI is InChI=1S/C43H81NO8/c1-6-8-10-12-14-16-18-20-21-22-24-26-28-30-32-34-41(46)52-39(38-51-43(42(47)48)49-36-35-44(3,4)5)37-50-40(45)33-31-29-27-25-23-19-17-15-13-11-9-7-2/h20-21,39,43H,6-19,22-38H2,1-5H3/p+1/b21-20-. The highest BCUT2D eigenvalue weighted by molar-refractivity contribution is 5.71. The van der Waals surface area contributed by atoms with E-state index in [0.717, 1.165) is 51.4 Å². The third-order valence-corrected chi connectivity index (χ3v) is 9.27. The number of esters is 2. The number of likely N-dealkylation sites (N-methyl/N-ethyl adjacent to an activating group) is 1. The second-order valence-corrected chi connectivity index (χ2v) is 15.7. The molecule has 0 fully saturated rings. The van der Waals surface area contributed by atoms with Gasteiger partial charge in [0.1, 0.15) is 13.2 Å². The minimum absolute atomic E-state index is 0.180. The van der Waals surface area contributed by atoms with Crippen LogP contribution in [0.3, 0.4) is 0 Å². The SMILES string of the molecule is CCCCCCCC/C=C\CCCCCCCC(=O)OC(COC(=O)CCCCCCCCCCCCCC)COC(OCC[N+](C)(C)C)C(=O)O. The first-order valence-corrected chi connectivity index (χ1v) is 21.4. The van der Waals surface area contributed by atoms with Crippen molar-refractivity contribution >= 4 is 17.9 Å². The smallest absolute Gasteiger partial charge is 0.361 e. The number of rotatable bonds is 39. The number of ether oxygens (including phenoxy) is 4. The van der Waals surface area contributed by atoms with Crippen molar-refractivity contribution in [2.75, 3.05) is 47.5 Å². The molecule has 0 aromatic carbocycles. The molecule has 52 heavy (non-hydrogen) atoms.